The number of sulfone groups is 1. The summed E-state index contributed by atoms with van der Waals surface area (Å²) in [6.07, 6.45) is 3.58. The van der Waals surface area contributed by atoms with Crippen LogP contribution in [0.5, 0.6) is 0 Å². The molecule has 0 amide bonds. The number of aromatic nitrogens is 3. The van der Waals surface area contributed by atoms with E-state index in [0.29, 0.717) is 21.0 Å². The molecule has 9 aromatic rings. The molecule has 0 fully saturated rings. The van der Waals surface area contributed by atoms with Crippen LogP contribution in [0.2, 0.25) is 0 Å². The number of benzene rings is 7. The third-order valence-electron chi connectivity index (χ3n) is 11.4. The maximum absolute atomic E-state index is 15.1. The first-order chi connectivity index (χ1) is 27.5. The Morgan fingerprint density at radius 1 is 0.446 bits per heavy atom. The predicted molar refractivity (Wildman–Crippen MR) is 222 cm³/mol. The van der Waals surface area contributed by atoms with Crippen molar-refractivity contribution in [1.29, 1.82) is 0 Å². The second-order valence-corrected chi connectivity index (χ2v) is 16.2. The van der Waals surface area contributed by atoms with Crippen molar-refractivity contribution in [2.24, 2.45) is 0 Å². The average molecular weight is 738 g/mol. The third kappa shape index (κ3) is 4.60. The highest BCUT2D eigenvalue weighted by atomic mass is 32.2. The molecule has 1 atom stereocenters. The van der Waals surface area contributed by atoms with E-state index in [1.807, 2.05) is 103 Å². The maximum Gasteiger partial charge on any atom is 0.207 e. The lowest BCUT2D eigenvalue weighted by Gasteiger charge is -2.43. The van der Waals surface area contributed by atoms with Gasteiger partial charge in [0, 0.05) is 34.5 Å². The molecule has 7 aromatic carbocycles. The molecule has 1 unspecified atom stereocenters. The summed E-state index contributed by atoms with van der Waals surface area (Å²) in [6.45, 7) is 0. The average Bonchev–Trinajstić information content (AvgIpc) is 3.37. The van der Waals surface area contributed by atoms with E-state index in [-0.39, 0.29) is 0 Å². The molecule has 0 bridgehead atoms. The largest absolute Gasteiger partial charge is 0.264 e. The molecule has 0 saturated carbocycles. The van der Waals surface area contributed by atoms with Crippen molar-refractivity contribution in [3.63, 3.8) is 0 Å². The summed E-state index contributed by atoms with van der Waals surface area (Å²) >= 11 is 0. The SMILES string of the molecule is O=S1(=O)c2ccccc2C2(c3ccccc3-c3ccccc3-c3ccc(-c4cc(-c5cccnc5)nc(-c5ccccc5)n4)cc32)c2ccc3ccccc3c21. The maximum atomic E-state index is 15.1. The number of rotatable bonds is 3. The van der Waals surface area contributed by atoms with E-state index in [1.54, 1.807) is 12.3 Å². The summed E-state index contributed by atoms with van der Waals surface area (Å²) in [4.78, 5) is 15.3. The normalized spacial score (nSPS) is 15.9. The number of hydrogen-bond acceptors (Lipinski definition) is 5. The summed E-state index contributed by atoms with van der Waals surface area (Å²) in [6, 6.07) is 59.0. The van der Waals surface area contributed by atoms with Gasteiger partial charge in [0.05, 0.1) is 26.6 Å². The fraction of sp³-hybridized carbons (Fsp3) is 0.0200. The topological polar surface area (TPSA) is 72.8 Å². The minimum atomic E-state index is -3.95. The summed E-state index contributed by atoms with van der Waals surface area (Å²) in [5.41, 5.74) is 10.9. The number of pyridine rings is 1. The Hall–Kier alpha value is -7.02. The van der Waals surface area contributed by atoms with Crippen molar-refractivity contribution in [2.75, 3.05) is 0 Å². The summed E-state index contributed by atoms with van der Waals surface area (Å²) in [5.74, 6) is 0.605. The van der Waals surface area contributed by atoms with Gasteiger partial charge in [-0.2, -0.15) is 0 Å². The third-order valence-corrected chi connectivity index (χ3v) is 13.3. The Morgan fingerprint density at radius 3 is 1.88 bits per heavy atom. The molecule has 6 heteroatoms. The van der Waals surface area contributed by atoms with Crippen LogP contribution in [0.4, 0.5) is 0 Å². The highest BCUT2D eigenvalue weighted by Gasteiger charge is 2.52. The van der Waals surface area contributed by atoms with E-state index >= 15 is 8.42 Å². The molecule has 56 heavy (non-hydrogen) atoms. The van der Waals surface area contributed by atoms with Crippen LogP contribution >= 0.6 is 0 Å². The molecule has 264 valence electrons. The Kier molecular flexibility index (Phi) is 7.09. The van der Waals surface area contributed by atoms with E-state index in [4.69, 9.17) is 9.97 Å². The second-order valence-electron chi connectivity index (χ2n) is 14.3. The molecule has 11 rings (SSSR count). The van der Waals surface area contributed by atoms with Crippen molar-refractivity contribution >= 4 is 20.6 Å². The van der Waals surface area contributed by atoms with Crippen LogP contribution in [0.3, 0.4) is 0 Å². The van der Waals surface area contributed by atoms with Crippen LogP contribution in [-0.4, -0.2) is 23.4 Å². The van der Waals surface area contributed by atoms with Crippen molar-refractivity contribution in [3.8, 4) is 56.2 Å². The molecule has 0 N–H and O–H groups in total. The summed E-state index contributed by atoms with van der Waals surface area (Å²) in [5, 5.41) is 1.58. The zero-order valence-corrected chi connectivity index (χ0v) is 30.8. The molecule has 3 heterocycles. The highest BCUT2D eigenvalue weighted by Crippen LogP contribution is 2.60. The van der Waals surface area contributed by atoms with Crippen molar-refractivity contribution in [1.82, 2.24) is 15.0 Å². The van der Waals surface area contributed by atoms with Crippen LogP contribution < -0.4 is 0 Å². The van der Waals surface area contributed by atoms with Gasteiger partial charge in [-0.1, -0.05) is 146 Å². The quantitative estimate of drug-likeness (QED) is 0.180. The number of fused-ring (bicyclic) bond motifs is 13. The van der Waals surface area contributed by atoms with Gasteiger partial charge in [0.25, 0.3) is 0 Å². The van der Waals surface area contributed by atoms with E-state index in [9.17, 15) is 0 Å². The van der Waals surface area contributed by atoms with Crippen LogP contribution in [-0.2, 0) is 15.3 Å². The Balaban J connectivity index is 1.31. The minimum absolute atomic E-state index is 0.313. The van der Waals surface area contributed by atoms with Crippen molar-refractivity contribution in [2.45, 2.75) is 15.2 Å². The summed E-state index contributed by atoms with van der Waals surface area (Å²) < 4.78 is 30.1. The fourth-order valence-electron chi connectivity index (χ4n) is 9.04. The first kappa shape index (κ1) is 32.4. The molecule has 2 aliphatic rings. The molecule has 1 aliphatic heterocycles. The Morgan fingerprint density at radius 2 is 1.09 bits per heavy atom. The van der Waals surface area contributed by atoms with E-state index in [2.05, 4.69) is 77.8 Å². The van der Waals surface area contributed by atoms with Gasteiger partial charge >= 0.3 is 0 Å². The van der Waals surface area contributed by atoms with Gasteiger partial charge in [-0.15, -0.1) is 0 Å². The molecule has 0 saturated heterocycles. The lowest BCUT2D eigenvalue weighted by Crippen LogP contribution is -2.38. The zero-order valence-electron chi connectivity index (χ0n) is 30.0. The second kappa shape index (κ2) is 12.2. The molecule has 5 nitrogen and oxygen atoms in total. The van der Waals surface area contributed by atoms with Gasteiger partial charge in [0.15, 0.2) is 5.82 Å². The monoisotopic (exact) mass is 737 g/mol. The number of nitrogens with zero attached hydrogens (tertiary/aromatic N) is 3. The Bertz CT molecular complexity index is 3110. The molecule has 1 aliphatic carbocycles. The van der Waals surface area contributed by atoms with E-state index in [0.717, 1.165) is 78.0 Å². The van der Waals surface area contributed by atoms with Crippen molar-refractivity contribution < 1.29 is 8.42 Å². The molecular weight excluding hydrogens is 707 g/mol. The lowest BCUT2D eigenvalue weighted by molar-refractivity contribution is 0.581. The lowest BCUT2D eigenvalue weighted by atomic mass is 9.62. The molecule has 1 spiro atoms. The minimum Gasteiger partial charge on any atom is -0.264 e. The molecule has 2 aromatic heterocycles. The van der Waals surface area contributed by atoms with Crippen LogP contribution in [0, 0.1) is 0 Å². The van der Waals surface area contributed by atoms with Gasteiger partial charge < -0.3 is 0 Å². The van der Waals surface area contributed by atoms with Crippen LogP contribution in [0.15, 0.2) is 198 Å². The van der Waals surface area contributed by atoms with Crippen LogP contribution in [0.25, 0.3) is 66.9 Å². The van der Waals surface area contributed by atoms with Crippen molar-refractivity contribution in [3.05, 3.63) is 211 Å². The highest BCUT2D eigenvalue weighted by molar-refractivity contribution is 7.92. The fourth-order valence-corrected chi connectivity index (χ4v) is 11.0. The van der Waals surface area contributed by atoms with Gasteiger partial charge in [-0.25, -0.2) is 18.4 Å². The first-order valence-corrected chi connectivity index (χ1v) is 20.1. The smallest absolute Gasteiger partial charge is 0.207 e. The van der Waals surface area contributed by atoms with Gasteiger partial charge in [0.2, 0.25) is 9.84 Å². The molecular formula is C50H31N3O2S. The molecule has 0 radical (unpaired) electrons. The predicted octanol–water partition coefficient (Wildman–Crippen LogP) is 11.2. The van der Waals surface area contributed by atoms with Gasteiger partial charge in [0.1, 0.15) is 0 Å². The van der Waals surface area contributed by atoms with Gasteiger partial charge in [-0.3, -0.25) is 4.98 Å². The summed E-state index contributed by atoms with van der Waals surface area (Å²) in [7, 11) is -3.95. The standard InChI is InChI=1S/C50H31N3O2S/c54-56(55)47-23-11-10-22-42(47)50(43-27-25-32-13-4-5-17-36(32)48(43)56)41-21-9-8-20-39(41)37-18-6-7-19-38(37)40-26-24-34(29-44(40)50)45-30-46(35-16-12-28-51-31-35)53-49(52-45)33-14-2-1-3-15-33/h1-31H. The Labute approximate surface area is 324 Å². The number of hydrogen-bond donors (Lipinski definition) is 0. The van der Waals surface area contributed by atoms with Gasteiger partial charge in [-0.05, 0) is 80.2 Å². The zero-order chi connectivity index (χ0) is 37.4. The van der Waals surface area contributed by atoms with E-state index in [1.165, 1.54) is 0 Å². The van der Waals surface area contributed by atoms with E-state index < -0.39 is 15.3 Å². The van der Waals surface area contributed by atoms with Crippen LogP contribution in [0.1, 0.15) is 22.3 Å². The first-order valence-electron chi connectivity index (χ1n) is 18.6.